The number of nitrogens with one attached hydrogen (secondary N) is 1. The maximum absolute atomic E-state index is 12.9. The molecule has 1 aliphatic rings. The molecule has 2 aromatic heterocycles. The number of hydrogen-bond acceptors (Lipinski definition) is 7. The lowest BCUT2D eigenvalue weighted by Gasteiger charge is -2.35. The Hall–Kier alpha value is -3.25. The summed E-state index contributed by atoms with van der Waals surface area (Å²) in [5.74, 6) is -2.15. The van der Waals surface area contributed by atoms with Gasteiger partial charge in [-0.05, 0) is 36.1 Å². The van der Waals surface area contributed by atoms with E-state index in [2.05, 4.69) is 20.0 Å². The van der Waals surface area contributed by atoms with Gasteiger partial charge in [0.25, 0.3) is 11.8 Å². The number of alkyl halides is 3. The Morgan fingerprint density at radius 2 is 2.00 bits per heavy atom. The monoisotopic (exact) mass is 480 g/mol. The van der Waals surface area contributed by atoms with Gasteiger partial charge in [0, 0.05) is 24.2 Å². The second-order valence-electron chi connectivity index (χ2n) is 7.37. The number of ether oxygens (including phenoxy) is 1. The van der Waals surface area contributed by atoms with Crippen molar-refractivity contribution < 1.29 is 32.0 Å². The minimum absolute atomic E-state index is 0.0901. The molecule has 8 nitrogen and oxygen atoms in total. The molecule has 12 heteroatoms. The van der Waals surface area contributed by atoms with Gasteiger partial charge in [0.2, 0.25) is 5.82 Å². The molecule has 2 amide bonds. The summed E-state index contributed by atoms with van der Waals surface area (Å²) in [7, 11) is 0. The number of nitrogens with zero attached hydrogens (tertiary/aromatic N) is 3. The molecule has 0 spiro atoms. The third-order valence-electron chi connectivity index (χ3n) is 5.12. The number of thiophene rings is 1. The van der Waals surface area contributed by atoms with Crippen LogP contribution in [-0.4, -0.2) is 59.2 Å². The topological polar surface area (TPSA) is 97.6 Å². The first-order valence-electron chi connectivity index (χ1n) is 9.96. The molecule has 0 aliphatic carbocycles. The van der Waals surface area contributed by atoms with Crippen molar-refractivity contribution in [2.45, 2.75) is 19.1 Å². The number of rotatable bonds is 5. The third-order valence-corrected chi connectivity index (χ3v) is 6.12. The lowest BCUT2D eigenvalue weighted by atomic mass is 10.1. The first kappa shape index (κ1) is 22.9. The second-order valence-corrected chi connectivity index (χ2v) is 8.28. The SMILES string of the molecule is Cc1ccsc1C(=O)N1CCOC[C@H]1CNC(=O)c1ccc(-c2noc(C(F)(F)F)n2)cc1. The number of carbonyl (C=O) groups is 2. The molecule has 0 radical (unpaired) electrons. The van der Waals surface area contributed by atoms with Crippen molar-refractivity contribution in [3.63, 3.8) is 0 Å². The van der Waals surface area contributed by atoms with Crippen molar-refractivity contribution in [1.82, 2.24) is 20.4 Å². The Bertz CT molecular complexity index is 1140. The molecule has 0 bridgehead atoms. The standard InChI is InChI=1S/C21H19F3N4O4S/c1-12-6-9-33-16(12)19(30)28-7-8-31-11-15(28)10-25-18(29)14-4-2-13(3-5-14)17-26-20(32-27-17)21(22,23)24/h2-6,9,15H,7-8,10-11H2,1H3,(H,25,29)/t15-/m1/s1. The summed E-state index contributed by atoms with van der Waals surface area (Å²) in [5, 5.41) is 7.97. The minimum atomic E-state index is -4.73. The van der Waals surface area contributed by atoms with Crippen molar-refractivity contribution >= 4 is 23.2 Å². The summed E-state index contributed by atoms with van der Waals surface area (Å²) in [5.41, 5.74) is 1.47. The van der Waals surface area contributed by atoms with Gasteiger partial charge in [0.15, 0.2) is 0 Å². The molecule has 1 aromatic carbocycles. The van der Waals surface area contributed by atoms with E-state index in [-0.39, 0.29) is 29.9 Å². The van der Waals surface area contributed by atoms with Crippen LogP contribution in [-0.2, 0) is 10.9 Å². The number of aromatic nitrogens is 2. The number of morpholine rings is 1. The van der Waals surface area contributed by atoms with Crippen molar-refractivity contribution in [1.29, 1.82) is 0 Å². The normalized spacial score (nSPS) is 16.6. The molecule has 1 atom stereocenters. The molecular formula is C21H19F3N4O4S. The van der Waals surface area contributed by atoms with Crippen molar-refractivity contribution in [3.05, 3.63) is 57.6 Å². The Morgan fingerprint density at radius 1 is 1.24 bits per heavy atom. The first-order valence-corrected chi connectivity index (χ1v) is 10.8. The molecule has 174 valence electrons. The Balaban J connectivity index is 1.39. The summed E-state index contributed by atoms with van der Waals surface area (Å²) in [4.78, 5) is 31.2. The number of halogens is 3. The molecule has 1 saturated heterocycles. The number of hydrogen-bond donors (Lipinski definition) is 1. The van der Waals surface area contributed by atoms with Crippen molar-refractivity contribution in [2.24, 2.45) is 0 Å². The average Bonchev–Trinajstić information content (AvgIpc) is 3.47. The van der Waals surface area contributed by atoms with Crippen LogP contribution in [0.25, 0.3) is 11.4 Å². The van der Waals surface area contributed by atoms with Crippen LogP contribution >= 0.6 is 11.3 Å². The van der Waals surface area contributed by atoms with E-state index < -0.39 is 18.0 Å². The molecule has 1 aliphatic heterocycles. The number of aryl methyl sites for hydroxylation is 1. The maximum atomic E-state index is 12.9. The van der Waals surface area contributed by atoms with Crippen LogP contribution in [0.3, 0.4) is 0 Å². The molecule has 0 unspecified atom stereocenters. The van der Waals surface area contributed by atoms with Gasteiger partial charge in [-0.15, -0.1) is 11.3 Å². The fraction of sp³-hybridized carbons (Fsp3) is 0.333. The molecule has 1 N–H and O–H groups in total. The van der Waals surface area contributed by atoms with Gasteiger partial charge in [-0.1, -0.05) is 17.3 Å². The zero-order chi connectivity index (χ0) is 23.6. The highest BCUT2D eigenvalue weighted by atomic mass is 32.1. The predicted octanol–water partition coefficient (Wildman–Crippen LogP) is 3.40. The first-order chi connectivity index (χ1) is 15.7. The van der Waals surface area contributed by atoms with Crippen LogP contribution in [0.2, 0.25) is 0 Å². The molecule has 1 fully saturated rings. The Kier molecular flexibility index (Phi) is 6.47. The molecule has 33 heavy (non-hydrogen) atoms. The Morgan fingerprint density at radius 3 is 2.64 bits per heavy atom. The molecule has 0 saturated carbocycles. The lowest BCUT2D eigenvalue weighted by molar-refractivity contribution is -0.159. The van der Waals surface area contributed by atoms with Crippen LogP contribution in [0.5, 0.6) is 0 Å². The molecular weight excluding hydrogens is 461 g/mol. The second kappa shape index (κ2) is 9.32. The maximum Gasteiger partial charge on any atom is 0.471 e. The number of benzene rings is 1. The zero-order valence-corrected chi connectivity index (χ0v) is 18.2. The zero-order valence-electron chi connectivity index (χ0n) is 17.4. The predicted molar refractivity (Wildman–Crippen MR) is 112 cm³/mol. The number of carbonyl (C=O) groups excluding carboxylic acids is 2. The highest BCUT2D eigenvalue weighted by Gasteiger charge is 2.38. The van der Waals surface area contributed by atoms with E-state index in [1.165, 1.54) is 35.6 Å². The largest absolute Gasteiger partial charge is 0.471 e. The smallest absolute Gasteiger partial charge is 0.377 e. The highest BCUT2D eigenvalue weighted by Crippen LogP contribution is 2.29. The van der Waals surface area contributed by atoms with Crippen LogP contribution in [0, 0.1) is 6.92 Å². The van der Waals surface area contributed by atoms with Gasteiger partial charge in [-0.3, -0.25) is 9.59 Å². The van der Waals surface area contributed by atoms with Gasteiger partial charge in [-0.25, -0.2) is 0 Å². The van der Waals surface area contributed by atoms with E-state index in [0.717, 1.165) is 5.56 Å². The molecule has 4 rings (SSSR count). The van der Waals surface area contributed by atoms with Gasteiger partial charge in [0.1, 0.15) is 0 Å². The van der Waals surface area contributed by atoms with E-state index >= 15 is 0 Å². The Labute approximate surface area is 190 Å². The van der Waals surface area contributed by atoms with Crippen molar-refractivity contribution in [2.75, 3.05) is 26.3 Å². The van der Waals surface area contributed by atoms with E-state index in [1.54, 1.807) is 4.90 Å². The highest BCUT2D eigenvalue weighted by molar-refractivity contribution is 7.12. The van der Waals surface area contributed by atoms with Gasteiger partial charge >= 0.3 is 12.1 Å². The molecule has 3 aromatic rings. The van der Waals surface area contributed by atoms with E-state index in [1.807, 2.05) is 18.4 Å². The van der Waals surface area contributed by atoms with Crippen LogP contribution in [0.15, 0.2) is 40.2 Å². The quantitative estimate of drug-likeness (QED) is 0.601. The van der Waals surface area contributed by atoms with Gasteiger partial charge < -0.3 is 19.5 Å². The van der Waals surface area contributed by atoms with Crippen LogP contribution in [0.4, 0.5) is 13.2 Å². The number of amides is 2. The van der Waals surface area contributed by atoms with Gasteiger partial charge in [-0.2, -0.15) is 18.2 Å². The average molecular weight is 480 g/mol. The molecule has 3 heterocycles. The summed E-state index contributed by atoms with van der Waals surface area (Å²) < 4.78 is 47.6. The van der Waals surface area contributed by atoms with E-state index in [9.17, 15) is 22.8 Å². The minimum Gasteiger partial charge on any atom is -0.377 e. The third kappa shape index (κ3) is 5.06. The summed E-state index contributed by atoms with van der Waals surface area (Å²) in [6, 6.07) is 7.32. The van der Waals surface area contributed by atoms with E-state index in [0.29, 0.717) is 30.2 Å². The lowest BCUT2D eigenvalue weighted by Crippen LogP contribution is -2.53. The summed E-state index contributed by atoms with van der Waals surface area (Å²) >= 11 is 1.38. The summed E-state index contributed by atoms with van der Waals surface area (Å²) in [6.07, 6.45) is -4.73. The van der Waals surface area contributed by atoms with Crippen LogP contribution in [0.1, 0.15) is 31.5 Å². The summed E-state index contributed by atoms with van der Waals surface area (Å²) in [6.45, 7) is 3.22. The fourth-order valence-corrected chi connectivity index (χ4v) is 4.23. The van der Waals surface area contributed by atoms with Crippen LogP contribution < -0.4 is 5.32 Å². The van der Waals surface area contributed by atoms with E-state index in [4.69, 9.17) is 4.74 Å². The van der Waals surface area contributed by atoms with Gasteiger partial charge in [0.05, 0.1) is 24.1 Å². The fourth-order valence-electron chi connectivity index (χ4n) is 3.35. The van der Waals surface area contributed by atoms with Crippen molar-refractivity contribution in [3.8, 4) is 11.4 Å².